The van der Waals surface area contributed by atoms with E-state index in [1.807, 2.05) is 16.8 Å². The van der Waals surface area contributed by atoms with Gasteiger partial charge in [0.1, 0.15) is 17.4 Å². The van der Waals surface area contributed by atoms with Crippen molar-refractivity contribution in [3.63, 3.8) is 0 Å². The lowest BCUT2D eigenvalue weighted by atomic mass is 9.91. The molecule has 0 atom stereocenters. The summed E-state index contributed by atoms with van der Waals surface area (Å²) in [6, 6.07) is 12.9. The van der Waals surface area contributed by atoms with E-state index in [4.69, 9.17) is 27.8 Å². The number of ether oxygens (including phenoxy) is 1. The molecule has 2 aliphatic rings. The SMILES string of the molecule is COc1ccc(-c2cc3c(N[C@H]4CC[C@H](N)CC4)c(C(N)=Nc4cc(F)ccc4Cl)cnn3c2)c(C2CC2)c1. The predicted octanol–water partition coefficient (Wildman–Crippen LogP) is 6.40. The Labute approximate surface area is 232 Å². The summed E-state index contributed by atoms with van der Waals surface area (Å²) in [6.07, 6.45) is 9.95. The van der Waals surface area contributed by atoms with Crippen molar-refractivity contribution >= 4 is 34.3 Å². The number of fused-ring (bicyclic) bond motifs is 1. The Morgan fingerprint density at radius 3 is 2.64 bits per heavy atom. The van der Waals surface area contributed by atoms with Gasteiger partial charge >= 0.3 is 0 Å². The monoisotopic (exact) mass is 546 g/mol. The number of nitrogens with zero attached hydrogens (tertiary/aromatic N) is 3. The zero-order valence-electron chi connectivity index (χ0n) is 21.8. The van der Waals surface area contributed by atoms with Crippen LogP contribution >= 0.6 is 11.6 Å². The van der Waals surface area contributed by atoms with Crippen molar-refractivity contribution in [2.45, 2.75) is 56.5 Å². The molecule has 4 aromatic rings. The molecule has 2 fully saturated rings. The number of anilines is 1. The number of rotatable bonds is 7. The second kappa shape index (κ2) is 10.5. The zero-order chi connectivity index (χ0) is 27.1. The van der Waals surface area contributed by atoms with Crippen molar-refractivity contribution in [3.05, 3.63) is 76.8 Å². The minimum absolute atomic E-state index is 0.207. The fourth-order valence-electron chi connectivity index (χ4n) is 5.44. The van der Waals surface area contributed by atoms with Gasteiger partial charge in [-0.05, 0) is 85.9 Å². The van der Waals surface area contributed by atoms with Crippen LogP contribution in [0.1, 0.15) is 55.6 Å². The van der Waals surface area contributed by atoms with Gasteiger partial charge in [0.05, 0.1) is 40.8 Å². The maximum Gasteiger partial charge on any atom is 0.135 e. The van der Waals surface area contributed by atoms with E-state index in [-0.39, 0.29) is 23.6 Å². The quantitative estimate of drug-likeness (QED) is 0.184. The van der Waals surface area contributed by atoms with Gasteiger partial charge in [-0.2, -0.15) is 5.10 Å². The highest BCUT2D eigenvalue weighted by Crippen LogP contribution is 2.46. The smallest absolute Gasteiger partial charge is 0.135 e. The first-order valence-corrected chi connectivity index (χ1v) is 13.8. The Bertz CT molecular complexity index is 1550. The molecule has 5 N–H and O–H groups in total. The van der Waals surface area contributed by atoms with Crippen LogP contribution in [-0.2, 0) is 0 Å². The number of hydrogen-bond acceptors (Lipinski definition) is 5. The van der Waals surface area contributed by atoms with E-state index in [2.05, 4.69) is 33.6 Å². The summed E-state index contributed by atoms with van der Waals surface area (Å²) < 4.78 is 21.3. The summed E-state index contributed by atoms with van der Waals surface area (Å²) >= 11 is 6.28. The first-order chi connectivity index (χ1) is 18.9. The van der Waals surface area contributed by atoms with E-state index in [1.165, 1.54) is 42.2 Å². The third-order valence-electron chi connectivity index (χ3n) is 7.77. The van der Waals surface area contributed by atoms with E-state index in [0.29, 0.717) is 16.5 Å². The number of aliphatic imine (C=N–C) groups is 1. The molecule has 0 bridgehead atoms. The third kappa shape index (κ3) is 5.31. The highest BCUT2D eigenvalue weighted by Gasteiger charge is 2.28. The largest absolute Gasteiger partial charge is 0.497 e. The van der Waals surface area contributed by atoms with Crippen molar-refractivity contribution < 1.29 is 9.13 Å². The Kier molecular flexibility index (Phi) is 6.91. The Hall–Kier alpha value is -3.62. The van der Waals surface area contributed by atoms with E-state index >= 15 is 0 Å². The highest BCUT2D eigenvalue weighted by molar-refractivity contribution is 6.33. The van der Waals surface area contributed by atoms with Crippen LogP contribution in [0.4, 0.5) is 15.8 Å². The van der Waals surface area contributed by atoms with Crippen LogP contribution in [0.15, 0.2) is 59.9 Å². The van der Waals surface area contributed by atoms with Crippen LogP contribution in [0.25, 0.3) is 16.6 Å². The normalized spacial score (nSPS) is 19.8. The predicted molar refractivity (Wildman–Crippen MR) is 155 cm³/mol. The molecule has 0 spiro atoms. The van der Waals surface area contributed by atoms with Crippen molar-refractivity contribution in [1.82, 2.24) is 9.61 Å². The molecule has 2 aromatic heterocycles. The average molecular weight is 547 g/mol. The van der Waals surface area contributed by atoms with Crippen LogP contribution in [0.5, 0.6) is 5.75 Å². The van der Waals surface area contributed by atoms with E-state index < -0.39 is 5.82 Å². The fourth-order valence-corrected chi connectivity index (χ4v) is 5.60. The lowest BCUT2D eigenvalue weighted by Crippen LogP contribution is -2.33. The average Bonchev–Trinajstić information content (AvgIpc) is 3.70. The van der Waals surface area contributed by atoms with Gasteiger partial charge in [0, 0.05) is 29.9 Å². The molecule has 39 heavy (non-hydrogen) atoms. The zero-order valence-corrected chi connectivity index (χ0v) is 22.6. The van der Waals surface area contributed by atoms with Crippen LogP contribution in [0, 0.1) is 5.82 Å². The molecular weight excluding hydrogens is 515 g/mol. The molecule has 2 aromatic carbocycles. The van der Waals surface area contributed by atoms with E-state index in [1.54, 1.807) is 13.3 Å². The highest BCUT2D eigenvalue weighted by atomic mass is 35.5. The molecular formula is C30H32ClFN6O. The van der Waals surface area contributed by atoms with Crippen molar-refractivity contribution in [3.8, 4) is 16.9 Å². The standard InChI is InChI=1S/C30H32ClFN6O/c1-39-22-9-10-23(24(14-22)17-2-3-17)18-12-28-29(36-21-7-5-20(33)6-8-21)25(15-35-38(28)16-18)30(34)37-27-13-19(32)4-11-26(27)31/h4,9-17,20-21,36H,2-3,5-8,33H2,1H3,(H2,34,37)/t20-,21-. The maximum atomic E-state index is 13.9. The Morgan fingerprint density at radius 2 is 1.90 bits per heavy atom. The fraction of sp³-hybridized carbons (Fsp3) is 0.333. The molecule has 202 valence electrons. The number of hydrogen-bond donors (Lipinski definition) is 3. The number of methoxy groups -OCH3 is 1. The van der Waals surface area contributed by atoms with Crippen molar-refractivity contribution in [1.29, 1.82) is 0 Å². The molecule has 0 saturated heterocycles. The van der Waals surface area contributed by atoms with Crippen molar-refractivity contribution in [2.75, 3.05) is 12.4 Å². The first-order valence-electron chi connectivity index (χ1n) is 13.4. The lowest BCUT2D eigenvalue weighted by molar-refractivity contribution is 0.411. The van der Waals surface area contributed by atoms with E-state index in [9.17, 15) is 4.39 Å². The molecule has 2 saturated carbocycles. The summed E-state index contributed by atoms with van der Waals surface area (Å²) in [7, 11) is 1.70. The molecule has 0 aliphatic heterocycles. The molecule has 2 aliphatic carbocycles. The Morgan fingerprint density at radius 1 is 1.10 bits per heavy atom. The van der Waals surface area contributed by atoms with Gasteiger partial charge in [-0.15, -0.1) is 0 Å². The van der Waals surface area contributed by atoms with Crippen LogP contribution < -0.4 is 21.5 Å². The molecule has 2 heterocycles. The van der Waals surface area contributed by atoms with Gasteiger partial charge in [0.2, 0.25) is 0 Å². The first kappa shape index (κ1) is 25.6. The number of aromatic nitrogens is 2. The topological polar surface area (TPSA) is 103 Å². The molecule has 7 nitrogen and oxygen atoms in total. The van der Waals surface area contributed by atoms with Gasteiger partial charge in [-0.25, -0.2) is 13.9 Å². The molecule has 6 rings (SSSR count). The number of nitrogens with one attached hydrogen (secondary N) is 1. The maximum absolute atomic E-state index is 13.9. The lowest BCUT2D eigenvalue weighted by Gasteiger charge is -2.28. The Balaban J connectivity index is 1.46. The number of benzene rings is 2. The van der Waals surface area contributed by atoms with Gasteiger partial charge in [0.25, 0.3) is 0 Å². The van der Waals surface area contributed by atoms with Crippen molar-refractivity contribution in [2.24, 2.45) is 16.5 Å². The summed E-state index contributed by atoms with van der Waals surface area (Å²) in [5.41, 5.74) is 18.9. The summed E-state index contributed by atoms with van der Waals surface area (Å²) in [5, 5.41) is 8.74. The van der Waals surface area contributed by atoms with Crippen LogP contribution in [0.2, 0.25) is 5.02 Å². The summed E-state index contributed by atoms with van der Waals surface area (Å²) in [5.74, 6) is 1.18. The number of nitrogens with two attached hydrogens (primary N) is 2. The minimum atomic E-state index is -0.432. The van der Waals surface area contributed by atoms with Gasteiger partial charge in [-0.1, -0.05) is 17.7 Å². The van der Waals surface area contributed by atoms with Gasteiger partial charge in [0.15, 0.2) is 0 Å². The summed E-state index contributed by atoms with van der Waals surface area (Å²) in [4.78, 5) is 4.49. The van der Waals surface area contributed by atoms with Crippen LogP contribution in [0.3, 0.4) is 0 Å². The number of halogens is 2. The van der Waals surface area contributed by atoms with Gasteiger partial charge in [-0.3, -0.25) is 0 Å². The number of amidine groups is 1. The third-order valence-corrected chi connectivity index (χ3v) is 8.09. The molecule has 9 heteroatoms. The summed E-state index contributed by atoms with van der Waals surface area (Å²) in [6.45, 7) is 0. The van der Waals surface area contributed by atoms with Gasteiger partial charge < -0.3 is 21.5 Å². The second-order valence-corrected chi connectivity index (χ2v) is 11.0. The second-order valence-electron chi connectivity index (χ2n) is 10.6. The minimum Gasteiger partial charge on any atom is -0.497 e. The molecule has 0 unspecified atom stereocenters. The molecule has 0 amide bonds. The van der Waals surface area contributed by atoms with E-state index in [0.717, 1.165) is 48.2 Å². The van der Waals surface area contributed by atoms with Crippen LogP contribution in [-0.4, -0.2) is 34.6 Å². The molecule has 0 radical (unpaired) electrons.